The lowest BCUT2D eigenvalue weighted by atomic mass is 10.0. The second-order valence-corrected chi connectivity index (χ2v) is 6.58. The third kappa shape index (κ3) is 3.95. The molecule has 1 heterocycles. The Morgan fingerprint density at radius 3 is 2.62 bits per heavy atom. The molecule has 1 N–H and O–H groups in total. The number of rotatable bonds is 4. The molecule has 7 heteroatoms. The number of nitrogens with one attached hydrogen (secondary N) is 1. The van der Waals surface area contributed by atoms with Crippen molar-refractivity contribution in [2.75, 3.05) is 18.0 Å². The summed E-state index contributed by atoms with van der Waals surface area (Å²) in [6, 6.07) is 10.7. The molecule has 0 aliphatic carbocycles. The van der Waals surface area contributed by atoms with E-state index in [-0.39, 0.29) is 18.2 Å². The quantitative estimate of drug-likeness (QED) is 0.729. The fourth-order valence-electron chi connectivity index (χ4n) is 3.22. The van der Waals surface area contributed by atoms with Gasteiger partial charge in [0.2, 0.25) is 5.69 Å². The van der Waals surface area contributed by atoms with E-state index in [1.807, 2.05) is 4.90 Å². The van der Waals surface area contributed by atoms with Crippen LogP contribution in [0.1, 0.15) is 17.5 Å². The van der Waals surface area contributed by atoms with E-state index in [0.29, 0.717) is 22.9 Å². The van der Waals surface area contributed by atoms with Gasteiger partial charge in [0.25, 0.3) is 0 Å². The Labute approximate surface area is 155 Å². The molecule has 26 heavy (non-hydrogen) atoms. The van der Waals surface area contributed by atoms with Crippen molar-refractivity contribution in [1.29, 1.82) is 0 Å². The van der Waals surface area contributed by atoms with Gasteiger partial charge < -0.3 is 10.2 Å². The summed E-state index contributed by atoms with van der Waals surface area (Å²) in [5.41, 5.74) is 0.640. The van der Waals surface area contributed by atoms with E-state index in [1.54, 1.807) is 24.3 Å². The minimum Gasteiger partial charge on any atom is -0.363 e. The van der Waals surface area contributed by atoms with Gasteiger partial charge in [0, 0.05) is 29.8 Å². The number of hydrogen-bond acceptors (Lipinski definition) is 2. The first-order chi connectivity index (χ1) is 12.4. The summed E-state index contributed by atoms with van der Waals surface area (Å²) in [6.07, 6.45) is -3.57. The molecule has 2 aromatic rings. The lowest BCUT2D eigenvalue weighted by molar-refractivity contribution is -0.138. The molecule has 0 radical (unpaired) electrons. The molecule has 1 fully saturated rings. The first-order valence-electron chi connectivity index (χ1n) is 8.19. The van der Waals surface area contributed by atoms with E-state index in [1.165, 1.54) is 12.1 Å². The van der Waals surface area contributed by atoms with Crippen LogP contribution in [0.3, 0.4) is 0 Å². The highest BCUT2D eigenvalue weighted by atomic mass is 35.5. The van der Waals surface area contributed by atoms with Gasteiger partial charge in [-0.05, 0) is 36.7 Å². The Morgan fingerprint density at radius 2 is 2.00 bits per heavy atom. The van der Waals surface area contributed by atoms with Crippen molar-refractivity contribution in [1.82, 2.24) is 5.32 Å². The molecular formula is C19H17ClF3N3. The zero-order valence-electron chi connectivity index (χ0n) is 13.9. The lowest BCUT2D eigenvalue weighted by Crippen LogP contribution is -2.37. The number of anilines is 1. The highest BCUT2D eigenvalue weighted by molar-refractivity contribution is 6.33. The summed E-state index contributed by atoms with van der Waals surface area (Å²) in [5, 5.41) is 3.55. The standard InChI is InChI=1S/C19H17ClF3N3/c1-24-18-7-6-14(10-17(18)20)26(15-8-9-25-11-15)12-13-4-2-3-5-16(13)19(21,22)23/h2-7,10,15,25H,8-9,11-12H2/t15-/m0/s1. The monoisotopic (exact) mass is 379 g/mol. The Morgan fingerprint density at radius 1 is 1.23 bits per heavy atom. The summed E-state index contributed by atoms with van der Waals surface area (Å²) in [4.78, 5) is 5.27. The largest absolute Gasteiger partial charge is 0.416 e. The molecular weight excluding hydrogens is 363 g/mol. The Bertz CT molecular complexity index is 824. The first-order valence-corrected chi connectivity index (χ1v) is 8.57. The van der Waals surface area contributed by atoms with Crippen molar-refractivity contribution in [3.63, 3.8) is 0 Å². The molecule has 0 amide bonds. The van der Waals surface area contributed by atoms with Gasteiger partial charge in [-0.2, -0.15) is 13.2 Å². The second kappa shape index (κ2) is 7.56. The second-order valence-electron chi connectivity index (χ2n) is 6.18. The van der Waals surface area contributed by atoms with Crippen LogP contribution in [0.5, 0.6) is 0 Å². The van der Waals surface area contributed by atoms with Crippen molar-refractivity contribution in [3.05, 3.63) is 70.0 Å². The Hall–Kier alpha value is -2.23. The topological polar surface area (TPSA) is 19.6 Å². The van der Waals surface area contributed by atoms with Crippen LogP contribution in [0, 0.1) is 6.57 Å². The average Bonchev–Trinajstić information content (AvgIpc) is 3.13. The first kappa shape index (κ1) is 18.6. The molecule has 3 rings (SSSR count). The maximum absolute atomic E-state index is 13.4. The number of hydrogen-bond donors (Lipinski definition) is 1. The van der Waals surface area contributed by atoms with Crippen molar-refractivity contribution in [3.8, 4) is 0 Å². The fourth-order valence-corrected chi connectivity index (χ4v) is 3.44. The SMILES string of the molecule is [C-]#[N+]c1ccc(N(Cc2ccccc2C(F)(F)F)[C@H]2CCNC2)cc1Cl. The van der Waals surface area contributed by atoms with Gasteiger partial charge in [-0.15, -0.1) is 0 Å². The minimum absolute atomic E-state index is 0.0612. The predicted octanol–water partition coefficient (Wildman–Crippen LogP) is 5.28. The molecule has 1 atom stereocenters. The third-order valence-corrected chi connectivity index (χ3v) is 4.82. The van der Waals surface area contributed by atoms with Crippen LogP contribution in [0.25, 0.3) is 4.85 Å². The van der Waals surface area contributed by atoms with Crippen LogP contribution in [0.15, 0.2) is 42.5 Å². The third-order valence-electron chi connectivity index (χ3n) is 4.52. The molecule has 0 aromatic heterocycles. The zero-order valence-corrected chi connectivity index (χ0v) is 14.6. The van der Waals surface area contributed by atoms with Crippen LogP contribution in [-0.4, -0.2) is 19.1 Å². The highest BCUT2D eigenvalue weighted by Crippen LogP contribution is 2.35. The predicted molar refractivity (Wildman–Crippen MR) is 96.6 cm³/mol. The minimum atomic E-state index is -4.40. The van der Waals surface area contributed by atoms with E-state index in [2.05, 4.69) is 10.2 Å². The summed E-state index contributed by atoms with van der Waals surface area (Å²) in [5.74, 6) is 0. The molecule has 1 aliphatic rings. The maximum atomic E-state index is 13.4. The smallest absolute Gasteiger partial charge is 0.363 e. The zero-order chi connectivity index (χ0) is 18.7. The van der Waals surface area contributed by atoms with Crippen LogP contribution >= 0.6 is 11.6 Å². The molecule has 0 unspecified atom stereocenters. The molecule has 0 saturated carbocycles. The van der Waals surface area contributed by atoms with Crippen LogP contribution in [0.4, 0.5) is 24.5 Å². The molecule has 0 spiro atoms. The number of benzene rings is 2. The van der Waals surface area contributed by atoms with Crippen molar-refractivity contribution in [2.45, 2.75) is 25.2 Å². The molecule has 3 nitrogen and oxygen atoms in total. The molecule has 1 aliphatic heterocycles. The maximum Gasteiger partial charge on any atom is 0.416 e. The average molecular weight is 380 g/mol. The van der Waals surface area contributed by atoms with E-state index in [9.17, 15) is 13.2 Å². The summed E-state index contributed by atoms with van der Waals surface area (Å²) < 4.78 is 40.1. The van der Waals surface area contributed by atoms with Crippen LogP contribution in [0.2, 0.25) is 5.02 Å². The van der Waals surface area contributed by atoms with E-state index >= 15 is 0 Å². The molecule has 1 saturated heterocycles. The van der Waals surface area contributed by atoms with Crippen molar-refractivity contribution in [2.24, 2.45) is 0 Å². The van der Waals surface area contributed by atoms with Gasteiger partial charge in [0.15, 0.2) is 0 Å². The van der Waals surface area contributed by atoms with Crippen LogP contribution in [-0.2, 0) is 12.7 Å². The lowest BCUT2D eigenvalue weighted by Gasteiger charge is -2.32. The van der Waals surface area contributed by atoms with Gasteiger partial charge in [-0.25, -0.2) is 4.85 Å². The van der Waals surface area contributed by atoms with E-state index < -0.39 is 11.7 Å². The van der Waals surface area contributed by atoms with Gasteiger partial charge in [-0.3, -0.25) is 0 Å². The van der Waals surface area contributed by atoms with E-state index in [4.69, 9.17) is 18.2 Å². The number of halogens is 4. The normalized spacial score (nSPS) is 17.1. The number of alkyl halides is 3. The fraction of sp³-hybridized carbons (Fsp3) is 0.316. The Balaban J connectivity index is 1.99. The summed E-state index contributed by atoms with van der Waals surface area (Å²) in [7, 11) is 0. The van der Waals surface area contributed by atoms with E-state index in [0.717, 1.165) is 19.0 Å². The molecule has 0 bridgehead atoms. The highest BCUT2D eigenvalue weighted by Gasteiger charge is 2.34. The van der Waals surface area contributed by atoms with Gasteiger partial charge in [0.1, 0.15) is 0 Å². The number of nitrogens with zero attached hydrogens (tertiary/aromatic N) is 2. The van der Waals surface area contributed by atoms with Crippen molar-refractivity contribution >= 4 is 23.0 Å². The van der Waals surface area contributed by atoms with Gasteiger partial charge >= 0.3 is 6.18 Å². The van der Waals surface area contributed by atoms with Crippen LogP contribution < -0.4 is 10.2 Å². The van der Waals surface area contributed by atoms with Gasteiger partial charge in [-0.1, -0.05) is 35.9 Å². The Kier molecular flexibility index (Phi) is 5.40. The summed E-state index contributed by atoms with van der Waals surface area (Å²) >= 11 is 6.15. The summed E-state index contributed by atoms with van der Waals surface area (Å²) in [6.45, 7) is 8.72. The van der Waals surface area contributed by atoms with Crippen molar-refractivity contribution < 1.29 is 13.2 Å². The molecule has 136 valence electrons. The van der Waals surface area contributed by atoms with Gasteiger partial charge in [0.05, 0.1) is 12.1 Å². The molecule has 2 aromatic carbocycles.